The maximum absolute atomic E-state index is 13.7. The molecule has 1 atom stereocenters. The normalized spacial score (nSPS) is 18.5. The molecule has 2 saturated heterocycles. The molecule has 2 fully saturated rings. The number of halogens is 1. The Morgan fingerprint density at radius 2 is 1.85 bits per heavy atom. The highest BCUT2D eigenvalue weighted by Gasteiger charge is 2.44. The van der Waals surface area contributed by atoms with Crippen molar-refractivity contribution < 1.29 is 19.1 Å². The quantitative estimate of drug-likeness (QED) is 0.371. The van der Waals surface area contributed by atoms with E-state index >= 15 is 0 Å². The van der Waals surface area contributed by atoms with Gasteiger partial charge in [0, 0.05) is 12.2 Å². The molecule has 2 amide bonds. The Morgan fingerprint density at radius 1 is 1.13 bits per heavy atom. The van der Waals surface area contributed by atoms with Crippen molar-refractivity contribution in [2.24, 2.45) is 5.92 Å². The molecule has 2 aromatic carbocycles. The zero-order chi connectivity index (χ0) is 27.9. The summed E-state index contributed by atoms with van der Waals surface area (Å²) in [6.07, 6.45) is 3.24. The van der Waals surface area contributed by atoms with Crippen LogP contribution in [0.15, 0.2) is 42.5 Å². The smallest absolute Gasteiger partial charge is 0.256 e. The molecule has 0 radical (unpaired) electrons. The fourth-order valence-corrected chi connectivity index (χ4v) is 5.72. The second kappa shape index (κ2) is 13.5. The average molecular weight is 573 g/mol. The van der Waals surface area contributed by atoms with Gasteiger partial charge in [-0.2, -0.15) is 0 Å². The van der Waals surface area contributed by atoms with Gasteiger partial charge in [-0.05, 0) is 106 Å². The average Bonchev–Trinajstić information content (AvgIpc) is 3.14. The van der Waals surface area contributed by atoms with E-state index in [0.717, 1.165) is 37.7 Å². The number of hydrogen-bond donors (Lipinski definition) is 1. The fraction of sp³-hybridized carbons (Fsp3) is 0.483. The molecule has 1 N–H and O–H groups in total. The summed E-state index contributed by atoms with van der Waals surface area (Å²) >= 11 is 12.2. The number of thiocarbonyl (C=S) groups is 1. The first-order valence-electron chi connectivity index (χ1n) is 13.5. The summed E-state index contributed by atoms with van der Waals surface area (Å²) in [5, 5.41) is 3.67. The van der Waals surface area contributed by atoms with E-state index in [1.54, 1.807) is 42.5 Å². The van der Waals surface area contributed by atoms with Gasteiger partial charge in [-0.3, -0.25) is 14.5 Å². The maximum atomic E-state index is 13.7. The van der Waals surface area contributed by atoms with Crippen LogP contribution in [-0.2, 0) is 9.59 Å². The summed E-state index contributed by atoms with van der Waals surface area (Å²) in [5.41, 5.74) is 1.20. The molecule has 210 valence electrons. The number of rotatable bonds is 11. The molecular formula is C29H37ClN4O4S. The molecule has 0 saturated carbocycles. The number of piperidine rings is 1. The Labute approximate surface area is 241 Å². The fourth-order valence-electron chi connectivity index (χ4n) is 5.06. The Hall–Kier alpha value is -2.88. The minimum Gasteiger partial charge on any atom is -0.495 e. The lowest BCUT2D eigenvalue weighted by atomic mass is 9.99. The van der Waals surface area contributed by atoms with E-state index in [1.807, 2.05) is 11.8 Å². The first-order chi connectivity index (χ1) is 18.8. The predicted octanol–water partition coefficient (Wildman–Crippen LogP) is 5.20. The highest BCUT2D eigenvalue weighted by atomic mass is 35.5. The van der Waals surface area contributed by atoms with Crippen LogP contribution in [0.4, 0.5) is 11.4 Å². The van der Waals surface area contributed by atoms with Crippen LogP contribution in [0.3, 0.4) is 0 Å². The molecule has 8 nitrogen and oxygen atoms in total. The molecule has 10 heteroatoms. The van der Waals surface area contributed by atoms with Gasteiger partial charge in [0.15, 0.2) is 5.11 Å². The van der Waals surface area contributed by atoms with E-state index in [1.165, 1.54) is 24.9 Å². The number of benzene rings is 2. The number of carbonyl (C=O) groups is 2. The summed E-state index contributed by atoms with van der Waals surface area (Å²) < 4.78 is 10.7. The maximum Gasteiger partial charge on any atom is 0.256 e. The third-order valence-corrected chi connectivity index (χ3v) is 8.00. The van der Waals surface area contributed by atoms with Crippen molar-refractivity contribution in [1.82, 2.24) is 9.80 Å². The molecule has 39 heavy (non-hydrogen) atoms. The Bertz CT molecular complexity index is 1170. The van der Waals surface area contributed by atoms with Crippen molar-refractivity contribution in [3.63, 3.8) is 0 Å². The molecule has 0 spiro atoms. The minimum atomic E-state index is -0.706. The van der Waals surface area contributed by atoms with Crippen LogP contribution < -0.4 is 19.7 Å². The topological polar surface area (TPSA) is 74.3 Å². The molecule has 0 bridgehead atoms. The summed E-state index contributed by atoms with van der Waals surface area (Å²) in [4.78, 5) is 32.6. The van der Waals surface area contributed by atoms with Crippen LogP contribution >= 0.6 is 23.8 Å². The van der Waals surface area contributed by atoms with E-state index in [-0.39, 0.29) is 18.2 Å². The number of nitrogens with zero attached hydrogens (tertiary/aromatic N) is 3. The summed E-state index contributed by atoms with van der Waals surface area (Å²) in [6.45, 7) is 8.48. The molecule has 2 aliphatic heterocycles. The van der Waals surface area contributed by atoms with E-state index in [2.05, 4.69) is 17.1 Å². The monoisotopic (exact) mass is 572 g/mol. The first-order valence-corrected chi connectivity index (χ1v) is 14.3. The Kier molecular flexibility index (Phi) is 10.0. The van der Waals surface area contributed by atoms with Crippen LogP contribution in [0.1, 0.15) is 39.5 Å². The lowest BCUT2D eigenvalue weighted by Gasteiger charge is -2.31. The van der Waals surface area contributed by atoms with Crippen molar-refractivity contribution in [3.05, 3.63) is 47.5 Å². The van der Waals surface area contributed by atoms with Crippen LogP contribution in [0.2, 0.25) is 5.02 Å². The van der Waals surface area contributed by atoms with Crippen LogP contribution in [0.5, 0.6) is 11.5 Å². The Balaban J connectivity index is 1.48. The summed E-state index contributed by atoms with van der Waals surface area (Å²) in [5.74, 6) is 1.51. The zero-order valence-electron chi connectivity index (χ0n) is 22.8. The first kappa shape index (κ1) is 29.1. The van der Waals surface area contributed by atoms with Gasteiger partial charge in [0.25, 0.3) is 5.91 Å². The van der Waals surface area contributed by atoms with Crippen molar-refractivity contribution in [2.75, 3.05) is 50.1 Å². The second-order valence-electron chi connectivity index (χ2n) is 10.1. The van der Waals surface area contributed by atoms with Gasteiger partial charge >= 0.3 is 0 Å². The molecule has 2 aromatic rings. The second-order valence-corrected chi connectivity index (χ2v) is 10.8. The number of amides is 2. The largest absolute Gasteiger partial charge is 0.495 e. The molecule has 0 aliphatic carbocycles. The highest BCUT2D eigenvalue weighted by Crippen LogP contribution is 2.33. The highest BCUT2D eigenvalue weighted by molar-refractivity contribution is 7.80. The molecule has 2 heterocycles. The van der Waals surface area contributed by atoms with Gasteiger partial charge in [0.2, 0.25) is 5.91 Å². The number of carbonyl (C=O) groups excluding carboxylic acids is 2. The van der Waals surface area contributed by atoms with Crippen molar-refractivity contribution >= 4 is 52.1 Å². The lowest BCUT2D eigenvalue weighted by molar-refractivity contribution is -0.124. The van der Waals surface area contributed by atoms with Gasteiger partial charge < -0.3 is 24.6 Å². The predicted molar refractivity (Wildman–Crippen MR) is 159 cm³/mol. The molecule has 0 unspecified atom stereocenters. The Morgan fingerprint density at radius 3 is 2.49 bits per heavy atom. The van der Waals surface area contributed by atoms with Crippen molar-refractivity contribution in [3.8, 4) is 11.5 Å². The molecular weight excluding hydrogens is 536 g/mol. The third-order valence-electron chi connectivity index (χ3n) is 7.29. The third kappa shape index (κ3) is 7.21. The van der Waals surface area contributed by atoms with Gasteiger partial charge in [-0.15, -0.1) is 0 Å². The van der Waals surface area contributed by atoms with Crippen LogP contribution in [0, 0.1) is 5.92 Å². The van der Waals surface area contributed by atoms with Gasteiger partial charge in [0.05, 0.1) is 30.8 Å². The zero-order valence-corrected chi connectivity index (χ0v) is 24.4. The number of likely N-dealkylation sites (tertiary alicyclic amines) is 1. The summed E-state index contributed by atoms with van der Waals surface area (Å²) in [7, 11) is 1.54. The van der Waals surface area contributed by atoms with E-state index in [0.29, 0.717) is 40.4 Å². The number of hydrogen-bond acceptors (Lipinski definition) is 6. The molecule has 4 rings (SSSR count). The lowest BCUT2D eigenvalue weighted by Crippen LogP contribution is -2.40. The van der Waals surface area contributed by atoms with Gasteiger partial charge in [-0.25, -0.2) is 0 Å². The molecule has 0 aromatic heterocycles. The van der Waals surface area contributed by atoms with Crippen molar-refractivity contribution in [1.29, 1.82) is 0 Å². The number of nitrogens with one attached hydrogen (secondary N) is 1. The molecule has 2 aliphatic rings. The van der Waals surface area contributed by atoms with E-state index < -0.39 is 6.04 Å². The number of ether oxygens (including phenoxy) is 2. The minimum absolute atomic E-state index is 0.0200. The number of methoxy groups -OCH3 is 1. The van der Waals surface area contributed by atoms with Gasteiger partial charge in [-0.1, -0.05) is 18.5 Å². The van der Waals surface area contributed by atoms with Crippen LogP contribution in [-0.4, -0.2) is 72.7 Å². The van der Waals surface area contributed by atoms with E-state index in [9.17, 15) is 9.59 Å². The SMILES string of the molecule is CCOc1ccc(NC(=O)C[C@@H]2C(=O)N(c3ccc(OC)c(Cl)c3)C(=S)N2CCCN2CCC(C)CC2)cc1. The van der Waals surface area contributed by atoms with Crippen molar-refractivity contribution in [2.45, 2.75) is 45.6 Å². The van der Waals surface area contributed by atoms with E-state index in [4.69, 9.17) is 33.3 Å². The summed E-state index contributed by atoms with van der Waals surface area (Å²) in [6, 6.07) is 11.6. The van der Waals surface area contributed by atoms with Gasteiger partial charge in [0.1, 0.15) is 17.5 Å². The number of anilines is 2. The van der Waals surface area contributed by atoms with Crippen LogP contribution in [0.25, 0.3) is 0 Å². The standard InChI is InChI=1S/C29H37ClN4O4S/c1-4-38-23-9-6-21(7-10-23)31-27(35)19-25-28(36)34(22-8-11-26(37-3)24(30)18-22)29(39)33(25)15-5-14-32-16-12-20(2)13-17-32/h6-11,18,20,25H,4-5,12-17,19H2,1-3H3,(H,31,35)/t25-/m1/s1.